The first-order chi connectivity index (χ1) is 10.4. The van der Waals surface area contributed by atoms with Gasteiger partial charge in [0.25, 0.3) is 0 Å². The van der Waals surface area contributed by atoms with E-state index >= 15 is 0 Å². The molecule has 0 saturated carbocycles. The third-order valence-corrected chi connectivity index (χ3v) is 4.05. The van der Waals surface area contributed by atoms with E-state index in [4.69, 9.17) is 10.5 Å². The number of piperidine rings is 1. The normalized spacial score (nSPS) is 16.2. The fourth-order valence-electron chi connectivity index (χ4n) is 2.89. The lowest BCUT2D eigenvalue weighted by Crippen LogP contribution is -2.33. The summed E-state index contributed by atoms with van der Waals surface area (Å²) >= 11 is 0. The monoisotopic (exact) mass is 285 g/mol. The molecule has 1 aliphatic heterocycles. The average molecular weight is 285 g/mol. The fourth-order valence-corrected chi connectivity index (χ4v) is 2.89. The van der Waals surface area contributed by atoms with Gasteiger partial charge in [-0.1, -0.05) is 18.6 Å². The first-order valence-electron chi connectivity index (χ1n) is 7.81. The molecule has 3 rings (SSSR count). The molecular formula is C17H23N3O. The maximum atomic E-state index is 6.03. The molecule has 0 spiro atoms. The fraction of sp³-hybridized carbons (Fsp3) is 0.471. The lowest BCUT2D eigenvalue weighted by Gasteiger charge is -2.26. The molecule has 0 unspecified atom stereocenters. The number of hydrogen-bond donors (Lipinski definition) is 1. The van der Waals surface area contributed by atoms with Gasteiger partial charge in [-0.15, -0.1) is 0 Å². The smallest absolute Gasteiger partial charge is 0.130 e. The van der Waals surface area contributed by atoms with Crippen molar-refractivity contribution < 1.29 is 4.74 Å². The standard InChI is InChI=1S/C17H23N3O/c18-13-14-12-17(15-6-2-3-7-16(15)19-14)21-11-10-20-8-4-1-5-9-20/h2-3,6-7,12H,1,4-5,8-11,13,18H2. The minimum absolute atomic E-state index is 0.438. The second-order valence-corrected chi connectivity index (χ2v) is 5.58. The molecule has 0 amide bonds. The molecule has 0 radical (unpaired) electrons. The lowest BCUT2D eigenvalue weighted by atomic mass is 10.1. The minimum Gasteiger partial charge on any atom is -0.491 e. The molecular weight excluding hydrogens is 262 g/mol. The van der Waals surface area contributed by atoms with Crippen molar-refractivity contribution in [3.05, 3.63) is 36.0 Å². The van der Waals surface area contributed by atoms with Crippen molar-refractivity contribution in [3.8, 4) is 5.75 Å². The molecule has 4 heteroatoms. The number of fused-ring (bicyclic) bond motifs is 1. The summed E-state index contributed by atoms with van der Waals surface area (Å²) in [6.07, 6.45) is 4.00. The van der Waals surface area contributed by atoms with E-state index in [1.165, 1.54) is 32.4 Å². The highest BCUT2D eigenvalue weighted by atomic mass is 16.5. The van der Waals surface area contributed by atoms with Gasteiger partial charge >= 0.3 is 0 Å². The summed E-state index contributed by atoms with van der Waals surface area (Å²) in [4.78, 5) is 7.02. The van der Waals surface area contributed by atoms with E-state index in [0.29, 0.717) is 6.54 Å². The molecule has 1 fully saturated rings. The summed E-state index contributed by atoms with van der Waals surface area (Å²) in [5.41, 5.74) is 7.56. The SMILES string of the molecule is NCc1cc(OCCN2CCCCC2)c2ccccc2n1. The van der Waals surface area contributed by atoms with Crippen LogP contribution in [0.1, 0.15) is 25.0 Å². The molecule has 1 aliphatic rings. The Bertz CT molecular complexity index is 594. The number of ether oxygens (including phenoxy) is 1. The molecule has 1 saturated heterocycles. The molecule has 21 heavy (non-hydrogen) atoms. The van der Waals surface area contributed by atoms with Gasteiger partial charge in [0, 0.05) is 24.5 Å². The Morgan fingerprint density at radius 1 is 1.14 bits per heavy atom. The Morgan fingerprint density at radius 2 is 1.95 bits per heavy atom. The van der Waals surface area contributed by atoms with Gasteiger partial charge in [-0.3, -0.25) is 9.88 Å². The van der Waals surface area contributed by atoms with Gasteiger partial charge in [-0.2, -0.15) is 0 Å². The lowest BCUT2D eigenvalue weighted by molar-refractivity contribution is 0.184. The second-order valence-electron chi connectivity index (χ2n) is 5.58. The highest BCUT2D eigenvalue weighted by molar-refractivity contribution is 5.85. The molecule has 0 bridgehead atoms. The molecule has 2 N–H and O–H groups in total. The van der Waals surface area contributed by atoms with E-state index in [-0.39, 0.29) is 0 Å². The Kier molecular flexibility index (Phi) is 4.68. The zero-order valence-electron chi connectivity index (χ0n) is 12.4. The van der Waals surface area contributed by atoms with Crippen LogP contribution in [0.2, 0.25) is 0 Å². The highest BCUT2D eigenvalue weighted by Crippen LogP contribution is 2.25. The van der Waals surface area contributed by atoms with Gasteiger partial charge in [-0.05, 0) is 38.1 Å². The summed E-state index contributed by atoms with van der Waals surface area (Å²) in [7, 11) is 0. The number of para-hydroxylation sites is 1. The first-order valence-corrected chi connectivity index (χ1v) is 7.81. The van der Waals surface area contributed by atoms with Gasteiger partial charge in [0.2, 0.25) is 0 Å². The molecule has 0 aliphatic carbocycles. The molecule has 0 atom stereocenters. The average Bonchev–Trinajstić information content (AvgIpc) is 2.55. The number of rotatable bonds is 5. The predicted octanol–water partition coefficient (Wildman–Crippen LogP) is 2.56. The summed E-state index contributed by atoms with van der Waals surface area (Å²) in [5, 5.41) is 1.06. The van der Waals surface area contributed by atoms with Crippen LogP contribution in [0.5, 0.6) is 5.75 Å². The van der Waals surface area contributed by atoms with Crippen LogP contribution in [-0.4, -0.2) is 36.1 Å². The number of likely N-dealkylation sites (tertiary alicyclic amines) is 1. The number of pyridine rings is 1. The van der Waals surface area contributed by atoms with Crippen LogP contribution in [0.3, 0.4) is 0 Å². The third-order valence-electron chi connectivity index (χ3n) is 4.05. The Hall–Kier alpha value is -1.65. The minimum atomic E-state index is 0.438. The largest absolute Gasteiger partial charge is 0.491 e. The third kappa shape index (κ3) is 3.52. The van der Waals surface area contributed by atoms with Crippen LogP contribution in [0.15, 0.2) is 30.3 Å². The van der Waals surface area contributed by atoms with Gasteiger partial charge in [0.15, 0.2) is 0 Å². The van der Waals surface area contributed by atoms with E-state index in [9.17, 15) is 0 Å². The quantitative estimate of drug-likeness (QED) is 0.917. The first kappa shape index (κ1) is 14.3. The second kappa shape index (κ2) is 6.87. The maximum absolute atomic E-state index is 6.03. The van der Waals surface area contributed by atoms with Crippen LogP contribution in [0, 0.1) is 0 Å². The molecule has 2 heterocycles. The number of hydrogen-bond acceptors (Lipinski definition) is 4. The summed E-state index contributed by atoms with van der Waals surface area (Å²) in [6.45, 7) is 4.56. The van der Waals surface area contributed by atoms with Crippen molar-refractivity contribution >= 4 is 10.9 Å². The zero-order chi connectivity index (χ0) is 14.5. The van der Waals surface area contributed by atoms with E-state index in [1.807, 2.05) is 24.3 Å². The Labute approximate surface area is 125 Å². The van der Waals surface area contributed by atoms with Crippen molar-refractivity contribution in [3.63, 3.8) is 0 Å². The molecule has 4 nitrogen and oxygen atoms in total. The van der Waals surface area contributed by atoms with Gasteiger partial charge in [-0.25, -0.2) is 0 Å². The van der Waals surface area contributed by atoms with E-state index in [2.05, 4.69) is 16.0 Å². The Balaban J connectivity index is 1.70. The van der Waals surface area contributed by atoms with Crippen molar-refractivity contribution in [1.82, 2.24) is 9.88 Å². The van der Waals surface area contributed by atoms with Gasteiger partial charge in [0.05, 0.1) is 11.2 Å². The molecule has 2 aromatic rings. The number of nitrogens with zero attached hydrogens (tertiary/aromatic N) is 2. The van der Waals surface area contributed by atoms with Crippen LogP contribution in [0.25, 0.3) is 10.9 Å². The molecule has 1 aromatic heterocycles. The highest BCUT2D eigenvalue weighted by Gasteiger charge is 2.11. The predicted molar refractivity (Wildman–Crippen MR) is 85.4 cm³/mol. The van der Waals surface area contributed by atoms with E-state index < -0.39 is 0 Å². The summed E-state index contributed by atoms with van der Waals surface area (Å²) < 4.78 is 6.03. The zero-order valence-corrected chi connectivity index (χ0v) is 12.4. The van der Waals surface area contributed by atoms with Gasteiger partial charge in [0.1, 0.15) is 12.4 Å². The summed E-state index contributed by atoms with van der Waals surface area (Å²) in [5.74, 6) is 0.901. The maximum Gasteiger partial charge on any atom is 0.130 e. The Morgan fingerprint density at radius 3 is 2.76 bits per heavy atom. The van der Waals surface area contributed by atoms with Crippen LogP contribution in [0.4, 0.5) is 0 Å². The van der Waals surface area contributed by atoms with Crippen LogP contribution in [-0.2, 0) is 6.54 Å². The van der Waals surface area contributed by atoms with Gasteiger partial charge < -0.3 is 10.5 Å². The summed E-state index contributed by atoms with van der Waals surface area (Å²) in [6, 6.07) is 10.0. The molecule has 112 valence electrons. The van der Waals surface area contributed by atoms with Crippen molar-refractivity contribution in [2.45, 2.75) is 25.8 Å². The number of nitrogens with two attached hydrogens (primary N) is 1. The molecule has 1 aromatic carbocycles. The van der Waals surface area contributed by atoms with E-state index in [0.717, 1.165) is 35.5 Å². The topological polar surface area (TPSA) is 51.4 Å². The van der Waals surface area contributed by atoms with Crippen molar-refractivity contribution in [1.29, 1.82) is 0 Å². The van der Waals surface area contributed by atoms with E-state index in [1.54, 1.807) is 0 Å². The van der Waals surface area contributed by atoms with Crippen LogP contribution >= 0.6 is 0 Å². The number of aromatic nitrogens is 1. The number of benzene rings is 1. The van der Waals surface area contributed by atoms with Crippen molar-refractivity contribution in [2.24, 2.45) is 5.73 Å². The van der Waals surface area contributed by atoms with Crippen LogP contribution < -0.4 is 10.5 Å². The van der Waals surface area contributed by atoms with Crippen molar-refractivity contribution in [2.75, 3.05) is 26.2 Å².